The van der Waals surface area contributed by atoms with E-state index in [2.05, 4.69) is 20.6 Å². The molecule has 0 amide bonds. The number of nitro groups is 1. The minimum atomic E-state index is -0.567. The van der Waals surface area contributed by atoms with E-state index in [1.54, 1.807) is 36.4 Å². The summed E-state index contributed by atoms with van der Waals surface area (Å²) in [7, 11) is 0. The molecule has 0 aliphatic rings. The predicted octanol–water partition coefficient (Wildman–Crippen LogP) is 6.14. The standard InChI is InChI=1S/C17H12Cl3N5O2/c1-9-4-10(18)2-3-14(9)24-17-15(25(26)27)16(21-8-22-17)23-13-6-11(19)5-12(20)7-13/h2-8H,1H3,(H2,21,22,23,24). The molecule has 10 heteroatoms. The van der Waals surface area contributed by atoms with E-state index in [-0.39, 0.29) is 17.3 Å². The van der Waals surface area contributed by atoms with E-state index >= 15 is 0 Å². The zero-order valence-electron chi connectivity index (χ0n) is 13.8. The van der Waals surface area contributed by atoms with Crippen LogP contribution in [0.4, 0.5) is 28.7 Å². The van der Waals surface area contributed by atoms with Gasteiger partial charge in [-0.05, 0) is 48.9 Å². The molecule has 0 aliphatic carbocycles. The van der Waals surface area contributed by atoms with Crippen LogP contribution in [0.3, 0.4) is 0 Å². The second kappa shape index (κ2) is 7.96. The van der Waals surface area contributed by atoms with Crippen LogP contribution in [0.1, 0.15) is 5.56 Å². The lowest BCUT2D eigenvalue weighted by atomic mass is 10.2. The first-order valence-corrected chi connectivity index (χ1v) is 8.72. The fourth-order valence-electron chi connectivity index (χ4n) is 2.39. The van der Waals surface area contributed by atoms with Gasteiger partial charge in [0.2, 0.25) is 11.6 Å². The van der Waals surface area contributed by atoms with Crippen LogP contribution in [0, 0.1) is 17.0 Å². The molecule has 0 bridgehead atoms. The van der Waals surface area contributed by atoms with Crippen LogP contribution in [-0.2, 0) is 0 Å². The maximum Gasteiger partial charge on any atom is 0.353 e. The SMILES string of the molecule is Cc1cc(Cl)ccc1Nc1ncnc(Nc2cc(Cl)cc(Cl)c2)c1[N+](=O)[O-]. The molecule has 0 atom stereocenters. The fourth-order valence-corrected chi connectivity index (χ4v) is 3.14. The van der Waals surface area contributed by atoms with Crippen molar-refractivity contribution < 1.29 is 4.92 Å². The Bertz CT molecular complexity index is 1010. The number of anilines is 4. The number of aryl methyl sites for hydroxylation is 1. The van der Waals surface area contributed by atoms with Crippen molar-refractivity contribution in [3.05, 3.63) is 73.5 Å². The molecule has 0 fully saturated rings. The summed E-state index contributed by atoms with van der Waals surface area (Å²) in [4.78, 5) is 19.1. The summed E-state index contributed by atoms with van der Waals surface area (Å²) >= 11 is 17.9. The molecule has 27 heavy (non-hydrogen) atoms. The lowest BCUT2D eigenvalue weighted by Crippen LogP contribution is -2.06. The summed E-state index contributed by atoms with van der Waals surface area (Å²) in [5.74, 6) is 0.0403. The van der Waals surface area contributed by atoms with Crippen molar-refractivity contribution in [1.29, 1.82) is 0 Å². The van der Waals surface area contributed by atoms with Gasteiger partial charge in [-0.25, -0.2) is 9.97 Å². The van der Waals surface area contributed by atoms with Crippen LogP contribution >= 0.6 is 34.8 Å². The van der Waals surface area contributed by atoms with Gasteiger partial charge in [0.25, 0.3) is 0 Å². The average Bonchev–Trinajstić information content (AvgIpc) is 2.56. The molecule has 0 radical (unpaired) electrons. The summed E-state index contributed by atoms with van der Waals surface area (Å²) < 4.78 is 0. The highest BCUT2D eigenvalue weighted by atomic mass is 35.5. The van der Waals surface area contributed by atoms with E-state index in [1.165, 1.54) is 6.33 Å². The number of nitrogens with zero attached hydrogens (tertiary/aromatic N) is 3. The van der Waals surface area contributed by atoms with Gasteiger partial charge < -0.3 is 10.6 Å². The highest BCUT2D eigenvalue weighted by Gasteiger charge is 2.24. The Balaban J connectivity index is 2.00. The molecule has 0 saturated carbocycles. The smallest absolute Gasteiger partial charge is 0.334 e. The van der Waals surface area contributed by atoms with Crippen molar-refractivity contribution in [3.63, 3.8) is 0 Å². The van der Waals surface area contributed by atoms with Gasteiger partial charge in [-0.3, -0.25) is 10.1 Å². The molecule has 0 unspecified atom stereocenters. The predicted molar refractivity (Wildman–Crippen MR) is 108 cm³/mol. The molecule has 7 nitrogen and oxygen atoms in total. The maximum absolute atomic E-state index is 11.7. The van der Waals surface area contributed by atoms with Crippen molar-refractivity contribution in [1.82, 2.24) is 9.97 Å². The van der Waals surface area contributed by atoms with Gasteiger partial charge in [0.05, 0.1) is 4.92 Å². The number of rotatable bonds is 5. The quantitative estimate of drug-likeness (QED) is 0.377. The van der Waals surface area contributed by atoms with E-state index in [4.69, 9.17) is 34.8 Å². The van der Waals surface area contributed by atoms with Crippen LogP contribution in [-0.4, -0.2) is 14.9 Å². The number of hydrogen-bond donors (Lipinski definition) is 2. The highest BCUT2D eigenvalue weighted by molar-refractivity contribution is 6.35. The Labute approximate surface area is 169 Å². The molecule has 3 aromatic rings. The second-order valence-electron chi connectivity index (χ2n) is 5.54. The molecular formula is C17H12Cl3N5O2. The first-order chi connectivity index (χ1) is 12.8. The molecule has 3 rings (SSSR count). The first kappa shape index (κ1) is 19.2. The Kier molecular flexibility index (Phi) is 5.65. The molecule has 2 aromatic carbocycles. The highest BCUT2D eigenvalue weighted by Crippen LogP contribution is 2.35. The van der Waals surface area contributed by atoms with Gasteiger partial charge >= 0.3 is 5.69 Å². The summed E-state index contributed by atoms with van der Waals surface area (Å²) in [6.45, 7) is 1.83. The molecule has 138 valence electrons. The third kappa shape index (κ3) is 4.57. The van der Waals surface area contributed by atoms with Gasteiger partial charge in [-0.15, -0.1) is 0 Å². The Hall–Kier alpha value is -2.61. The largest absolute Gasteiger partial charge is 0.353 e. The van der Waals surface area contributed by atoms with Crippen LogP contribution in [0.25, 0.3) is 0 Å². The van der Waals surface area contributed by atoms with Crippen LogP contribution in [0.2, 0.25) is 15.1 Å². The normalized spacial score (nSPS) is 10.5. The summed E-state index contributed by atoms with van der Waals surface area (Å²) in [5, 5.41) is 18.8. The van der Waals surface area contributed by atoms with E-state index < -0.39 is 4.92 Å². The Morgan fingerprint density at radius 1 is 0.926 bits per heavy atom. The molecule has 0 spiro atoms. The first-order valence-electron chi connectivity index (χ1n) is 7.59. The Morgan fingerprint density at radius 2 is 1.56 bits per heavy atom. The summed E-state index contributed by atoms with van der Waals surface area (Å²) in [5.41, 5.74) is 1.59. The minimum Gasteiger partial charge on any atom is -0.334 e. The minimum absolute atomic E-state index is 0.00227. The molecule has 1 heterocycles. The lowest BCUT2D eigenvalue weighted by molar-refractivity contribution is -0.383. The third-order valence-corrected chi connectivity index (χ3v) is 4.24. The molecular weight excluding hydrogens is 413 g/mol. The van der Waals surface area contributed by atoms with Crippen molar-refractivity contribution >= 4 is 63.5 Å². The number of halogens is 3. The summed E-state index contributed by atoms with van der Waals surface area (Å²) in [6.07, 6.45) is 1.22. The molecule has 0 aliphatic heterocycles. The van der Waals surface area contributed by atoms with Gasteiger partial charge in [-0.1, -0.05) is 34.8 Å². The van der Waals surface area contributed by atoms with Gasteiger partial charge in [-0.2, -0.15) is 0 Å². The third-order valence-electron chi connectivity index (χ3n) is 3.57. The summed E-state index contributed by atoms with van der Waals surface area (Å²) in [6, 6.07) is 9.85. The molecule has 0 saturated heterocycles. The van der Waals surface area contributed by atoms with Crippen LogP contribution < -0.4 is 10.6 Å². The van der Waals surface area contributed by atoms with Crippen molar-refractivity contribution in [2.75, 3.05) is 10.6 Å². The molecule has 1 aromatic heterocycles. The fraction of sp³-hybridized carbons (Fsp3) is 0.0588. The number of hydrogen-bond acceptors (Lipinski definition) is 6. The van der Waals surface area contributed by atoms with Crippen molar-refractivity contribution in [3.8, 4) is 0 Å². The lowest BCUT2D eigenvalue weighted by Gasteiger charge is -2.12. The maximum atomic E-state index is 11.7. The number of aromatic nitrogens is 2. The number of benzene rings is 2. The molecule has 2 N–H and O–H groups in total. The van der Waals surface area contributed by atoms with Gasteiger partial charge in [0.15, 0.2) is 0 Å². The van der Waals surface area contributed by atoms with Crippen molar-refractivity contribution in [2.45, 2.75) is 6.92 Å². The second-order valence-corrected chi connectivity index (χ2v) is 6.85. The average molecular weight is 425 g/mol. The zero-order chi connectivity index (χ0) is 19.6. The topological polar surface area (TPSA) is 93.0 Å². The van der Waals surface area contributed by atoms with Gasteiger partial charge in [0, 0.05) is 26.4 Å². The zero-order valence-corrected chi connectivity index (χ0v) is 16.1. The Morgan fingerprint density at radius 3 is 2.15 bits per heavy atom. The van der Waals surface area contributed by atoms with Crippen LogP contribution in [0.15, 0.2) is 42.7 Å². The monoisotopic (exact) mass is 423 g/mol. The van der Waals surface area contributed by atoms with E-state index in [9.17, 15) is 10.1 Å². The van der Waals surface area contributed by atoms with Gasteiger partial charge in [0.1, 0.15) is 6.33 Å². The van der Waals surface area contributed by atoms with Crippen molar-refractivity contribution in [2.24, 2.45) is 0 Å². The van der Waals surface area contributed by atoms with E-state index in [1.807, 2.05) is 6.92 Å². The van der Waals surface area contributed by atoms with Crippen LogP contribution in [0.5, 0.6) is 0 Å². The number of nitrogens with one attached hydrogen (secondary N) is 2. The van der Waals surface area contributed by atoms with E-state index in [0.29, 0.717) is 26.4 Å². The van der Waals surface area contributed by atoms with E-state index in [0.717, 1.165) is 5.56 Å².